The summed E-state index contributed by atoms with van der Waals surface area (Å²) >= 11 is 0. The van der Waals surface area contributed by atoms with E-state index in [1.54, 1.807) is 45.5 Å². The fraction of sp³-hybridized carbons (Fsp3) is 0.314. The van der Waals surface area contributed by atoms with Gasteiger partial charge < -0.3 is 29.1 Å². The third-order valence-electron chi connectivity index (χ3n) is 7.02. The molecule has 44 heavy (non-hydrogen) atoms. The maximum Gasteiger partial charge on any atom is 0.356 e. The lowest BCUT2D eigenvalue weighted by Crippen LogP contribution is -2.25. The summed E-state index contributed by atoms with van der Waals surface area (Å²) < 4.78 is 18.9. The van der Waals surface area contributed by atoms with Gasteiger partial charge in [0.05, 0.1) is 7.11 Å². The third kappa shape index (κ3) is 8.64. The van der Waals surface area contributed by atoms with Crippen LogP contribution in [0.4, 0.5) is 0 Å². The number of benzene rings is 3. The largest absolute Gasteiger partial charge is 0.497 e. The predicted molar refractivity (Wildman–Crippen MR) is 172 cm³/mol. The van der Waals surface area contributed by atoms with Crippen LogP contribution in [0.3, 0.4) is 0 Å². The Morgan fingerprint density at radius 2 is 1.16 bits per heavy atom. The third-order valence-corrected chi connectivity index (χ3v) is 7.02. The lowest BCUT2D eigenvalue weighted by atomic mass is 10.2. The molecular weight excluding hydrogens is 558 g/mol. The van der Waals surface area contributed by atoms with Gasteiger partial charge in [-0.15, -0.1) is 0 Å². The number of carboxylic acid groups (broad SMARTS) is 1. The maximum atomic E-state index is 13.5. The number of carbonyl (C=O) groups is 2. The van der Waals surface area contributed by atoms with E-state index in [0.29, 0.717) is 11.4 Å². The van der Waals surface area contributed by atoms with Crippen molar-refractivity contribution in [2.75, 3.05) is 40.8 Å². The van der Waals surface area contributed by atoms with Crippen molar-refractivity contribution in [2.24, 2.45) is 0 Å². The monoisotopic (exact) mass is 601 g/mol. The average molecular weight is 602 g/mol. The summed E-state index contributed by atoms with van der Waals surface area (Å²) in [5.41, 5.74) is 1.97. The van der Waals surface area contributed by atoms with Crippen LogP contribution in [0.1, 0.15) is 52.9 Å². The van der Waals surface area contributed by atoms with E-state index in [-0.39, 0.29) is 36.1 Å². The molecule has 4 rings (SSSR count). The molecular formula is C35H43N3O6. The predicted octanol–water partition coefficient (Wildman–Crippen LogP) is 6.39. The van der Waals surface area contributed by atoms with Gasteiger partial charge in [-0.05, 0) is 55.0 Å². The van der Waals surface area contributed by atoms with Gasteiger partial charge in [0.1, 0.15) is 19.0 Å². The van der Waals surface area contributed by atoms with Gasteiger partial charge >= 0.3 is 5.97 Å². The lowest BCUT2D eigenvalue weighted by Gasteiger charge is -2.16. The second-order valence-electron chi connectivity index (χ2n) is 10.1. The van der Waals surface area contributed by atoms with Crippen LogP contribution in [0.2, 0.25) is 0 Å². The molecule has 0 aliphatic heterocycles. The average Bonchev–Trinajstić information content (AvgIpc) is 3.38. The van der Waals surface area contributed by atoms with Crippen LogP contribution >= 0.6 is 0 Å². The van der Waals surface area contributed by atoms with E-state index in [4.69, 9.17) is 14.2 Å². The zero-order chi connectivity index (χ0) is 32.1. The van der Waals surface area contributed by atoms with E-state index in [2.05, 4.69) is 25.7 Å². The van der Waals surface area contributed by atoms with Gasteiger partial charge in [0, 0.05) is 19.8 Å². The Morgan fingerprint density at radius 1 is 0.705 bits per heavy atom. The molecule has 0 aliphatic carbocycles. The minimum absolute atomic E-state index is 0.0201. The summed E-state index contributed by atoms with van der Waals surface area (Å²) in [7, 11) is 4.73. The Morgan fingerprint density at radius 3 is 1.52 bits per heavy atom. The first-order valence-electron chi connectivity index (χ1n) is 14.7. The zero-order valence-electron chi connectivity index (χ0n) is 26.4. The number of methoxy groups -OCH3 is 1. The molecule has 0 radical (unpaired) electrons. The highest BCUT2D eigenvalue weighted by Crippen LogP contribution is 2.42. The molecule has 1 amide bonds. The fourth-order valence-electron chi connectivity index (χ4n) is 4.51. The second kappa shape index (κ2) is 16.8. The highest BCUT2D eigenvalue weighted by Gasteiger charge is 2.35. The summed E-state index contributed by atoms with van der Waals surface area (Å²) in [4.78, 5) is 29.9. The van der Waals surface area contributed by atoms with Crippen LogP contribution < -0.4 is 14.2 Å². The van der Waals surface area contributed by atoms with Gasteiger partial charge in [-0.25, -0.2) is 4.79 Å². The number of hydrogen-bond acceptors (Lipinski definition) is 6. The Hall–Kier alpha value is -4.76. The van der Waals surface area contributed by atoms with Gasteiger partial charge in [0.15, 0.2) is 22.9 Å². The van der Waals surface area contributed by atoms with Crippen molar-refractivity contribution in [3.8, 4) is 22.9 Å². The molecule has 4 aromatic rings. The Kier molecular flexibility index (Phi) is 12.9. The molecule has 3 aromatic carbocycles. The van der Waals surface area contributed by atoms with Crippen molar-refractivity contribution in [1.82, 2.24) is 14.4 Å². The number of carbonyl (C=O) groups excluding carboxylic acids is 1. The van der Waals surface area contributed by atoms with Crippen LogP contribution in [0.25, 0.3) is 5.69 Å². The molecule has 0 atom stereocenters. The quantitative estimate of drug-likeness (QED) is 0.190. The molecule has 1 N–H and O–H groups in total. The van der Waals surface area contributed by atoms with Gasteiger partial charge in [-0.3, -0.25) is 9.36 Å². The molecule has 234 valence electrons. The zero-order valence-corrected chi connectivity index (χ0v) is 26.4. The van der Waals surface area contributed by atoms with Crippen LogP contribution in [-0.2, 0) is 13.2 Å². The molecule has 0 unspecified atom stereocenters. The lowest BCUT2D eigenvalue weighted by molar-refractivity contribution is 0.0682. The first-order valence-corrected chi connectivity index (χ1v) is 14.7. The summed E-state index contributed by atoms with van der Waals surface area (Å²) in [6.45, 7) is 10.3. The highest BCUT2D eigenvalue weighted by molar-refractivity contribution is 6.02. The molecule has 9 heteroatoms. The van der Waals surface area contributed by atoms with Gasteiger partial charge in [-0.2, -0.15) is 0 Å². The van der Waals surface area contributed by atoms with Crippen LogP contribution in [-0.4, -0.2) is 72.2 Å². The molecule has 0 bridgehead atoms. The summed E-state index contributed by atoms with van der Waals surface area (Å²) in [6, 6.07) is 25.5. The number of aromatic carboxylic acids is 1. The molecule has 1 aromatic heterocycles. The molecule has 0 saturated heterocycles. The topological polar surface area (TPSA) is 93.5 Å². The summed E-state index contributed by atoms with van der Waals surface area (Å²) in [6.07, 6.45) is 0. The van der Waals surface area contributed by atoms with Gasteiger partial charge in [-0.1, -0.05) is 81.4 Å². The Balaban J connectivity index is 0.000000676. The van der Waals surface area contributed by atoms with E-state index in [1.165, 1.54) is 29.1 Å². The Labute approximate surface area is 260 Å². The minimum atomic E-state index is -1.26. The maximum absolute atomic E-state index is 13.5. The van der Waals surface area contributed by atoms with E-state index >= 15 is 0 Å². The smallest absolute Gasteiger partial charge is 0.356 e. The molecule has 9 nitrogen and oxygen atoms in total. The molecule has 1 heterocycles. The van der Waals surface area contributed by atoms with Crippen LogP contribution in [0, 0.1) is 0 Å². The van der Waals surface area contributed by atoms with E-state index < -0.39 is 11.9 Å². The number of nitrogens with zero attached hydrogens (tertiary/aromatic N) is 3. The van der Waals surface area contributed by atoms with Crippen LogP contribution in [0.15, 0.2) is 84.9 Å². The second-order valence-corrected chi connectivity index (χ2v) is 10.1. The normalized spacial score (nSPS) is 10.5. The van der Waals surface area contributed by atoms with Crippen molar-refractivity contribution in [2.45, 2.75) is 34.0 Å². The molecule has 0 spiro atoms. The van der Waals surface area contributed by atoms with E-state index in [0.717, 1.165) is 11.1 Å². The van der Waals surface area contributed by atoms with Crippen LogP contribution in [0.5, 0.6) is 17.2 Å². The van der Waals surface area contributed by atoms with E-state index in [9.17, 15) is 14.7 Å². The number of rotatable bonds is 13. The van der Waals surface area contributed by atoms with Crippen molar-refractivity contribution >= 4 is 11.9 Å². The molecule has 0 aliphatic rings. The summed E-state index contributed by atoms with van der Waals surface area (Å²) in [5.74, 6) is -1.06. The van der Waals surface area contributed by atoms with Gasteiger partial charge in [0.25, 0.3) is 5.91 Å². The SMILES string of the molecule is CCN(CC)CC.COc1ccc(-n2c(C(=O)O)c(OCc3ccccc3)c(OCc3ccccc3)c2C(=O)N(C)C)cc1. The minimum Gasteiger partial charge on any atom is -0.497 e. The standard InChI is InChI=1S/C29H28N2O6.C6H15N/c1-30(2)28(32)24-26(36-18-20-10-6-4-7-11-20)27(37-19-21-12-8-5-9-13-21)25(29(33)34)31(24)22-14-16-23(35-3)17-15-22;1-4-7(5-2)6-3/h4-17H,18-19H2,1-3H3,(H,33,34);4-6H2,1-3H3. The number of hydrogen-bond donors (Lipinski definition) is 1. The highest BCUT2D eigenvalue weighted by atomic mass is 16.5. The number of ether oxygens (including phenoxy) is 3. The van der Waals surface area contributed by atoms with Crippen molar-refractivity contribution in [1.29, 1.82) is 0 Å². The van der Waals surface area contributed by atoms with Crippen molar-refractivity contribution < 1.29 is 28.9 Å². The summed E-state index contributed by atoms with van der Waals surface area (Å²) in [5, 5.41) is 10.3. The molecule has 0 saturated carbocycles. The number of amides is 1. The Bertz CT molecular complexity index is 1460. The van der Waals surface area contributed by atoms with Crippen molar-refractivity contribution in [3.05, 3.63) is 107 Å². The number of aromatic nitrogens is 1. The first kappa shape index (κ1) is 33.7. The van der Waals surface area contributed by atoms with Gasteiger partial charge in [0.2, 0.25) is 0 Å². The number of carboxylic acids is 1. The first-order chi connectivity index (χ1) is 21.2. The van der Waals surface area contributed by atoms with Crippen molar-refractivity contribution in [3.63, 3.8) is 0 Å². The van der Waals surface area contributed by atoms with E-state index in [1.807, 2.05) is 60.7 Å². The fourth-order valence-corrected chi connectivity index (χ4v) is 4.51. The molecule has 0 fully saturated rings.